The van der Waals surface area contributed by atoms with Gasteiger partial charge in [-0.3, -0.25) is 14.3 Å². The molecule has 2 bridgehead atoms. The monoisotopic (exact) mass is 394 g/mol. The summed E-state index contributed by atoms with van der Waals surface area (Å²) in [7, 11) is -0.949. The fourth-order valence-corrected chi connectivity index (χ4v) is 5.94. The molecule has 0 spiro atoms. The number of ether oxygens (including phenoxy) is 1. The van der Waals surface area contributed by atoms with Gasteiger partial charge in [0, 0.05) is 24.1 Å². The van der Waals surface area contributed by atoms with Gasteiger partial charge < -0.3 is 15.0 Å². The van der Waals surface area contributed by atoms with Gasteiger partial charge in [0.1, 0.15) is 0 Å². The molecule has 2 N–H and O–H groups in total. The first kappa shape index (κ1) is 20.5. The quantitative estimate of drug-likeness (QED) is 0.414. The molecule has 2 heterocycles. The topological polar surface area (TPSA) is 81.9 Å². The maximum Gasteiger partial charge on any atom is 0.313 e. The van der Waals surface area contributed by atoms with Crippen molar-refractivity contribution < 1.29 is 18.6 Å². The summed E-state index contributed by atoms with van der Waals surface area (Å²) in [6.07, 6.45) is 3.92. The summed E-state index contributed by atoms with van der Waals surface area (Å²) in [4.78, 5) is 15.2. The highest BCUT2D eigenvalue weighted by molar-refractivity contribution is 7.66. The molecule has 0 aromatic heterocycles. The third-order valence-corrected chi connectivity index (χ3v) is 7.80. The molecular formula is C20H31N2O4P. The summed E-state index contributed by atoms with van der Waals surface area (Å²) in [5, 5.41) is 0.686. The maximum atomic E-state index is 13.3. The number of unbranched alkanes of at least 4 members (excludes halogenated alkanes) is 1. The van der Waals surface area contributed by atoms with Gasteiger partial charge in [-0.25, -0.2) is 0 Å². The van der Waals surface area contributed by atoms with Gasteiger partial charge >= 0.3 is 5.97 Å². The normalized spacial score (nSPS) is 30.0. The Morgan fingerprint density at radius 3 is 2.70 bits per heavy atom. The Labute approximate surface area is 161 Å². The van der Waals surface area contributed by atoms with E-state index in [2.05, 4.69) is 11.9 Å². The molecule has 2 unspecified atom stereocenters. The number of piperidine rings is 1. The number of nitrogens with two attached hydrogens (primary N) is 1. The standard InChI is InChI=1S/C20H31N2O4P/c1-22-15-10-11-17(22)19(20(23)25-13-7-6-12-21)18(14-15)26-27(2,24)16-8-4-3-5-9-16/h3-5,8-9,15,17-19H,6-7,10-14,21H2,1-2H3/t15?,17?,18-,19+,27-/m0/s1. The van der Waals surface area contributed by atoms with Crippen molar-refractivity contribution in [3.05, 3.63) is 30.3 Å². The zero-order chi connectivity index (χ0) is 19.4. The second kappa shape index (κ2) is 8.87. The largest absolute Gasteiger partial charge is 0.465 e. The summed E-state index contributed by atoms with van der Waals surface area (Å²) < 4.78 is 25.0. The van der Waals surface area contributed by atoms with Crippen LogP contribution < -0.4 is 11.0 Å². The predicted octanol–water partition coefficient (Wildman–Crippen LogP) is 2.37. The number of rotatable bonds is 8. The molecule has 1 aromatic rings. The molecular weight excluding hydrogens is 363 g/mol. The molecule has 0 saturated carbocycles. The fourth-order valence-electron chi connectivity index (χ4n) is 4.37. The minimum absolute atomic E-state index is 0.0894. The summed E-state index contributed by atoms with van der Waals surface area (Å²) in [6, 6.07) is 9.71. The number of esters is 1. The number of nitrogens with zero attached hydrogens (tertiary/aromatic N) is 1. The van der Waals surface area contributed by atoms with Crippen molar-refractivity contribution in [3.63, 3.8) is 0 Å². The van der Waals surface area contributed by atoms with Crippen LogP contribution in [0.5, 0.6) is 0 Å². The van der Waals surface area contributed by atoms with Gasteiger partial charge in [-0.05, 0) is 57.8 Å². The van der Waals surface area contributed by atoms with E-state index in [0.29, 0.717) is 30.9 Å². The smallest absolute Gasteiger partial charge is 0.313 e. The maximum absolute atomic E-state index is 13.3. The lowest BCUT2D eigenvalue weighted by Gasteiger charge is -2.42. The zero-order valence-electron chi connectivity index (χ0n) is 16.3. The molecule has 5 atom stereocenters. The van der Waals surface area contributed by atoms with Crippen molar-refractivity contribution in [3.8, 4) is 0 Å². The van der Waals surface area contributed by atoms with Gasteiger partial charge in [0.05, 0.1) is 18.6 Å². The van der Waals surface area contributed by atoms with Gasteiger partial charge in [-0.2, -0.15) is 0 Å². The molecule has 150 valence electrons. The number of fused-ring (bicyclic) bond motifs is 2. The molecule has 7 heteroatoms. The second-order valence-corrected chi connectivity index (χ2v) is 10.1. The van der Waals surface area contributed by atoms with Crippen LogP contribution in [-0.4, -0.2) is 55.9 Å². The Balaban J connectivity index is 1.75. The van der Waals surface area contributed by atoms with Crippen LogP contribution >= 0.6 is 7.37 Å². The molecule has 0 radical (unpaired) electrons. The van der Waals surface area contributed by atoms with Crippen LogP contribution in [0, 0.1) is 5.92 Å². The SMILES string of the molecule is CN1C2CCC1[C@@H](C(=O)OCCCCN)[C@@H](O[P@](C)(=O)c1ccccc1)C2. The molecule has 2 aliphatic rings. The van der Waals surface area contributed by atoms with Crippen molar-refractivity contribution in [2.24, 2.45) is 11.7 Å². The molecule has 2 fully saturated rings. The highest BCUT2D eigenvalue weighted by Crippen LogP contribution is 2.49. The Kier molecular flexibility index (Phi) is 6.74. The molecule has 6 nitrogen and oxygen atoms in total. The van der Waals surface area contributed by atoms with E-state index < -0.39 is 13.3 Å². The first-order valence-corrected chi connectivity index (χ1v) is 11.9. The van der Waals surface area contributed by atoms with Crippen molar-refractivity contribution in [1.29, 1.82) is 0 Å². The number of hydrogen-bond donors (Lipinski definition) is 1. The first-order chi connectivity index (χ1) is 12.9. The molecule has 1 aromatic carbocycles. The van der Waals surface area contributed by atoms with Gasteiger partial charge in [0.2, 0.25) is 7.37 Å². The second-order valence-electron chi connectivity index (χ2n) is 7.71. The summed E-state index contributed by atoms with van der Waals surface area (Å²) in [5.41, 5.74) is 5.50. The van der Waals surface area contributed by atoms with E-state index in [1.165, 1.54) is 0 Å². The van der Waals surface area contributed by atoms with Crippen molar-refractivity contribution >= 4 is 18.6 Å². The van der Waals surface area contributed by atoms with Gasteiger partial charge in [-0.15, -0.1) is 0 Å². The van der Waals surface area contributed by atoms with E-state index in [9.17, 15) is 9.36 Å². The summed E-state index contributed by atoms with van der Waals surface area (Å²) in [6.45, 7) is 2.61. The van der Waals surface area contributed by atoms with Gasteiger partial charge in [0.15, 0.2) is 0 Å². The third kappa shape index (κ3) is 4.62. The number of benzene rings is 1. The molecule has 0 aliphatic carbocycles. The Bertz CT molecular complexity index is 684. The molecule has 3 rings (SSSR count). The van der Waals surface area contributed by atoms with Crippen LogP contribution in [0.2, 0.25) is 0 Å². The first-order valence-electron chi connectivity index (χ1n) is 9.84. The van der Waals surface area contributed by atoms with Crippen LogP contribution in [0.3, 0.4) is 0 Å². The van der Waals surface area contributed by atoms with E-state index >= 15 is 0 Å². The molecule has 27 heavy (non-hydrogen) atoms. The van der Waals surface area contributed by atoms with Crippen LogP contribution in [-0.2, 0) is 18.6 Å². The minimum Gasteiger partial charge on any atom is -0.465 e. The Hall–Kier alpha value is -1.20. The van der Waals surface area contributed by atoms with Gasteiger partial charge in [-0.1, -0.05) is 18.2 Å². The summed E-state index contributed by atoms with van der Waals surface area (Å²) in [5.74, 6) is -0.633. The highest BCUT2D eigenvalue weighted by atomic mass is 31.2. The van der Waals surface area contributed by atoms with Crippen LogP contribution in [0.15, 0.2) is 30.3 Å². The molecule has 2 saturated heterocycles. The van der Waals surface area contributed by atoms with E-state index in [-0.39, 0.29) is 18.1 Å². The van der Waals surface area contributed by atoms with Gasteiger partial charge in [0.25, 0.3) is 0 Å². The zero-order valence-corrected chi connectivity index (χ0v) is 17.1. The predicted molar refractivity (Wildman–Crippen MR) is 106 cm³/mol. The van der Waals surface area contributed by atoms with Crippen molar-refractivity contribution in [1.82, 2.24) is 4.90 Å². The molecule has 0 amide bonds. The third-order valence-electron chi connectivity index (χ3n) is 5.89. The average molecular weight is 394 g/mol. The lowest BCUT2D eigenvalue weighted by Crippen LogP contribution is -2.53. The number of carbonyl (C=O) groups excluding carboxylic acids is 1. The minimum atomic E-state index is -3.01. The number of hydrogen-bond acceptors (Lipinski definition) is 6. The lowest BCUT2D eigenvalue weighted by atomic mass is 9.88. The fraction of sp³-hybridized carbons (Fsp3) is 0.650. The Morgan fingerprint density at radius 2 is 2.00 bits per heavy atom. The van der Waals surface area contributed by atoms with E-state index in [1.807, 2.05) is 30.3 Å². The van der Waals surface area contributed by atoms with E-state index in [0.717, 1.165) is 25.7 Å². The van der Waals surface area contributed by atoms with Crippen molar-refractivity contribution in [2.45, 2.75) is 50.3 Å². The lowest BCUT2D eigenvalue weighted by molar-refractivity contribution is -0.157. The van der Waals surface area contributed by atoms with Crippen LogP contribution in [0.4, 0.5) is 0 Å². The molecule has 2 aliphatic heterocycles. The highest BCUT2D eigenvalue weighted by Gasteiger charge is 2.51. The van der Waals surface area contributed by atoms with E-state index in [1.54, 1.807) is 6.66 Å². The number of carbonyl (C=O) groups is 1. The van der Waals surface area contributed by atoms with Crippen LogP contribution in [0.25, 0.3) is 0 Å². The average Bonchev–Trinajstić information content (AvgIpc) is 2.89. The Morgan fingerprint density at radius 1 is 1.26 bits per heavy atom. The van der Waals surface area contributed by atoms with Crippen LogP contribution in [0.1, 0.15) is 32.1 Å². The summed E-state index contributed by atoms with van der Waals surface area (Å²) >= 11 is 0. The van der Waals surface area contributed by atoms with Crippen molar-refractivity contribution in [2.75, 3.05) is 26.9 Å². The van der Waals surface area contributed by atoms with E-state index in [4.69, 9.17) is 15.0 Å².